The number of benzene rings is 1. The van der Waals surface area contributed by atoms with Crippen molar-refractivity contribution in [2.75, 3.05) is 5.73 Å². The monoisotopic (exact) mass is 214 g/mol. The van der Waals surface area contributed by atoms with E-state index in [4.69, 9.17) is 10.5 Å². The lowest BCUT2D eigenvalue weighted by Crippen LogP contribution is -1.96. The number of ether oxygens (including phenoxy) is 1. The van der Waals surface area contributed by atoms with Crippen LogP contribution in [0.1, 0.15) is 11.3 Å². The SMILES string of the molecule is Cc1ccc(Oc2nc(C)ccc2N)cc1. The Kier molecular flexibility index (Phi) is 2.77. The van der Waals surface area contributed by atoms with Crippen molar-refractivity contribution in [1.29, 1.82) is 0 Å². The highest BCUT2D eigenvalue weighted by atomic mass is 16.5. The molecule has 0 fully saturated rings. The van der Waals surface area contributed by atoms with E-state index in [1.54, 1.807) is 6.07 Å². The minimum Gasteiger partial charge on any atom is -0.437 e. The molecule has 1 aromatic heterocycles. The first kappa shape index (κ1) is 10.5. The number of nitrogen functional groups attached to an aromatic ring is 1. The van der Waals surface area contributed by atoms with Gasteiger partial charge in [0.15, 0.2) is 0 Å². The third-order valence-electron chi connectivity index (χ3n) is 2.26. The molecule has 0 aliphatic heterocycles. The number of rotatable bonds is 2. The molecule has 0 atom stereocenters. The van der Waals surface area contributed by atoms with Crippen LogP contribution in [0.2, 0.25) is 0 Å². The Morgan fingerprint density at radius 1 is 1.00 bits per heavy atom. The second-order valence-electron chi connectivity index (χ2n) is 3.76. The number of aryl methyl sites for hydroxylation is 2. The summed E-state index contributed by atoms with van der Waals surface area (Å²) in [6.45, 7) is 3.94. The lowest BCUT2D eigenvalue weighted by atomic mass is 10.2. The van der Waals surface area contributed by atoms with E-state index in [9.17, 15) is 0 Å². The van der Waals surface area contributed by atoms with Gasteiger partial charge in [0.05, 0.1) is 5.69 Å². The molecule has 0 aliphatic carbocycles. The summed E-state index contributed by atoms with van der Waals surface area (Å²) in [5.74, 6) is 1.21. The smallest absolute Gasteiger partial charge is 0.242 e. The molecule has 0 spiro atoms. The molecule has 3 nitrogen and oxygen atoms in total. The summed E-state index contributed by atoms with van der Waals surface area (Å²) in [7, 11) is 0. The van der Waals surface area contributed by atoms with Crippen molar-refractivity contribution >= 4 is 5.69 Å². The van der Waals surface area contributed by atoms with E-state index in [2.05, 4.69) is 4.98 Å². The van der Waals surface area contributed by atoms with Crippen LogP contribution >= 0.6 is 0 Å². The average molecular weight is 214 g/mol. The molecular weight excluding hydrogens is 200 g/mol. The first-order chi connectivity index (χ1) is 7.65. The molecule has 82 valence electrons. The van der Waals surface area contributed by atoms with E-state index >= 15 is 0 Å². The third kappa shape index (κ3) is 2.31. The molecule has 2 aromatic rings. The van der Waals surface area contributed by atoms with Crippen LogP contribution < -0.4 is 10.5 Å². The molecule has 0 bridgehead atoms. The van der Waals surface area contributed by atoms with Crippen LogP contribution in [0.15, 0.2) is 36.4 Å². The molecule has 16 heavy (non-hydrogen) atoms. The Bertz CT molecular complexity index is 492. The van der Waals surface area contributed by atoms with Crippen molar-refractivity contribution in [3.63, 3.8) is 0 Å². The highest BCUT2D eigenvalue weighted by Crippen LogP contribution is 2.25. The van der Waals surface area contributed by atoms with Gasteiger partial charge in [-0.05, 0) is 38.1 Å². The molecule has 0 radical (unpaired) electrons. The van der Waals surface area contributed by atoms with Crippen LogP contribution in [0.25, 0.3) is 0 Å². The molecule has 2 rings (SSSR count). The highest BCUT2D eigenvalue weighted by Gasteiger charge is 2.03. The van der Waals surface area contributed by atoms with Gasteiger partial charge in [0.1, 0.15) is 5.75 Å². The Labute approximate surface area is 94.9 Å². The second-order valence-corrected chi connectivity index (χ2v) is 3.76. The Hall–Kier alpha value is -2.03. The van der Waals surface area contributed by atoms with E-state index < -0.39 is 0 Å². The summed E-state index contributed by atoms with van der Waals surface area (Å²) >= 11 is 0. The first-order valence-corrected chi connectivity index (χ1v) is 5.13. The van der Waals surface area contributed by atoms with Gasteiger partial charge >= 0.3 is 0 Å². The predicted molar refractivity (Wildman–Crippen MR) is 64.6 cm³/mol. The quantitative estimate of drug-likeness (QED) is 0.835. The van der Waals surface area contributed by atoms with E-state index in [1.165, 1.54) is 5.56 Å². The van der Waals surface area contributed by atoms with Crippen molar-refractivity contribution in [3.8, 4) is 11.6 Å². The van der Waals surface area contributed by atoms with Gasteiger partial charge in [-0.2, -0.15) is 0 Å². The molecule has 3 heteroatoms. The maximum atomic E-state index is 5.78. The Balaban J connectivity index is 2.26. The summed E-state index contributed by atoms with van der Waals surface area (Å²) in [4.78, 5) is 4.24. The number of nitrogens with two attached hydrogens (primary N) is 1. The molecule has 1 heterocycles. The van der Waals surface area contributed by atoms with Crippen LogP contribution in [0.3, 0.4) is 0 Å². The summed E-state index contributed by atoms with van der Waals surface area (Å²) in [5.41, 5.74) is 8.40. The highest BCUT2D eigenvalue weighted by molar-refractivity contribution is 5.49. The van der Waals surface area contributed by atoms with Crippen LogP contribution in [0.5, 0.6) is 11.6 Å². The Morgan fingerprint density at radius 3 is 2.38 bits per heavy atom. The zero-order chi connectivity index (χ0) is 11.5. The zero-order valence-corrected chi connectivity index (χ0v) is 9.40. The molecule has 0 aliphatic rings. The number of anilines is 1. The van der Waals surface area contributed by atoms with Crippen LogP contribution in [-0.4, -0.2) is 4.98 Å². The standard InChI is InChI=1S/C13H14N2O/c1-9-3-6-11(7-4-9)16-13-12(14)8-5-10(2)15-13/h3-8H,14H2,1-2H3. The summed E-state index contributed by atoms with van der Waals surface area (Å²) < 4.78 is 5.61. The van der Waals surface area contributed by atoms with Crippen LogP contribution in [0, 0.1) is 13.8 Å². The van der Waals surface area contributed by atoms with Crippen molar-refractivity contribution in [1.82, 2.24) is 4.98 Å². The largest absolute Gasteiger partial charge is 0.437 e. The molecule has 0 amide bonds. The molecule has 0 unspecified atom stereocenters. The molecule has 2 N–H and O–H groups in total. The number of nitrogens with zero attached hydrogens (tertiary/aromatic N) is 1. The fourth-order valence-corrected chi connectivity index (χ4v) is 1.34. The number of pyridine rings is 1. The first-order valence-electron chi connectivity index (χ1n) is 5.13. The summed E-state index contributed by atoms with van der Waals surface area (Å²) in [6.07, 6.45) is 0. The third-order valence-corrected chi connectivity index (χ3v) is 2.26. The minimum absolute atomic E-state index is 0.462. The van der Waals surface area contributed by atoms with Gasteiger partial charge in [-0.15, -0.1) is 0 Å². The zero-order valence-electron chi connectivity index (χ0n) is 9.40. The van der Waals surface area contributed by atoms with Gasteiger partial charge in [-0.1, -0.05) is 17.7 Å². The van der Waals surface area contributed by atoms with E-state index in [0.29, 0.717) is 11.6 Å². The summed E-state index contributed by atoms with van der Waals surface area (Å²) in [6, 6.07) is 11.4. The minimum atomic E-state index is 0.462. The van der Waals surface area contributed by atoms with Crippen molar-refractivity contribution in [2.24, 2.45) is 0 Å². The number of hydrogen-bond acceptors (Lipinski definition) is 3. The number of aromatic nitrogens is 1. The van der Waals surface area contributed by atoms with Crippen molar-refractivity contribution in [2.45, 2.75) is 13.8 Å². The lowest BCUT2D eigenvalue weighted by molar-refractivity contribution is 0.464. The van der Waals surface area contributed by atoms with E-state index in [1.807, 2.05) is 44.2 Å². The maximum absolute atomic E-state index is 5.78. The Morgan fingerprint density at radius 2 is 1.69 bits per heavy atom. The maximum Gasteiger partial charge on any atom is 0.242 e. The fourth-order valence-electron chi connectivity index (χ4n) is 1.34. The second kappa shape index (κ2) is 4.23. The molecule has 0 saturated heterocycles. The van der Waals surface area contributed by atoms with Gasteiger partial charge in [-0.3, -0.25) is 0 Å². The molecular formula is C13H14N2O. The average Bonchev–Trinajstić information content (AvgIpc) is 2.27. The van der Waals surface area contributed by atoms with Gasteiger partial charge in [0.25, 0.3) is 0 Å². The molecule has 1 aromatic carbocycles. The number of hydrogen-bond donors (Lipinski definition) is 1. The van der Waals surface area contributed by atoms with Crippen molar-refractivity contribution < 1.29 is 4.74 Å². The van der Waals surface area contributed by atoms with Crippen LogP contribution in [0.4, 0.5) is 5.69 Å². The van der Waals surface area contributed by atoms with Gasteiger partial charge < -0.3 is 10.5 Å². The predicted octanol–water partition coefficient (Wildman–Crippen LogP) is 3.07. The van der Waals surface area contributed by atoms with E-state index in [-0.39, 0.29) is 0 Å². The van der Waals surface area contributed by atoms with Crippen molar-refractivity contribution in [3.05, 3.63) is 47.7 Å². The lowest BCUT2D eigenvalue weighted by Gasteiger charge is -2.07. The topological polar surface area (TPSA) is 48.1 Å². The van der Waals surface area contributed by atoms with Gasteiger partial charge in [-0.25, -0.2) is 4.98 Å². The normalized spacial score (nSPS) is 10.1. The molecule has 0 saturated carbocycles. The summed E-state index contributed by atoms with van der Waals surface area (Å²) in [5, 5.41) is 0. The van der Waals surface area contributed by atoms with Gasteiger partial charge in [0, 0.05) is 5.69 Å². The fraction of sp³-hybridized carbons (Fsp3) is 0.154. The van der Waals surface area contributed by atoms with Crippen LogP contribution in [-0.2, 0) is 0 Å². The van der Waals surface area contributed by atoms with E-state index in [0.717, 1.165) is 11.4 Å². The van der Waals surface area contributed by atoms with Gasteiger partial charge in [0.2, 0.25) is 5.88 Å².